The minimum atomic E-state index is -0.673. The number of aliphatic hydroxyl groups is 2. The molecule has 1 rings (SSSR count). The van der Waals surface area contributed by atoms with Crippen LogP contribution in [-0.4, -0.2) is 72.8 Å². The lowest BCUT2D eigenvalue weighted by atomic mass is 10.0. The standard InChI is InChI=1S/C13H28N2O3/c1-3-4-13(2,17)11-14-9-12(16)10-15-5-7-18-8-6-15/h12,14,16-17H,3-11H2,1-2H3. The van der Waals surface area contributed by atoms with Crippen LogP contribution in [0.1, 0.15) is 26.7 Å². The molecule has 0 radical (unpaired) electrons. The Kier molecular flexibility index (Phi) is 7.11. The second-order valence-electron chi connectivity index (χ2n) is 5.44. The number of aliphatic hydroxyl groups excluding tert-OH is 1. The molecule has 1 fully saturated rings. The molecule has 1 saturated heterocycles. The van der Waals surface area contributed by atoms with Gasteiger partial charge >= 0.3 is 0 Å². The average molecular weight is 260 g/mol. The molecule has 1 aliphatic heterocycles. The minimum absolute atomic E-state index is 0.388. The summed E-state index contributed by atoms with van der Waals surface area (Å²) in [6.07, 6.45) is 1.35. The number of ether oxygens (including phenoxy) is 1. The van der Waals surface area contributed by atoms with Crippen LogP contribution in [0.5, 0.6) is 0 Å². The highest BCUT2D eigenvalue weighted by Crippen LogP contribution is 2.09. The van der Waals surface area contributed by atoms with Crippen molar-refractivity contribution in [3.63, 3.8) is 0 Å². The third-order valence-corrected chi connectivity index (χ3v) is 3.25. The highest BCUT2D eigenvalue weighted by molar-refractivity contribution is 4.76. The van der Waals surface area contributed by atoms with Gasteiger partial charge in [-0.2, -0.15) is 0 Å². The van der Waals surface area contributed by atoms with Crippen molar-refractivity contribution in [3.8, 4) is 0 Å². The van der Waals surface area contributed by atoms with E-state index in [1.54, 1.807) is 0 Å². The monoisotopic (exact) mass is 260 g/mol. The van der Waals surface area contributed by atoms with Gasteiger partial charge in [0, 0.05) is 32.7 Å². The summed E-state index contributed by atoms with van der Waals surface area (Å²) in [7, 11) is 0. The molecule has 0 bridgehead atoms. The second kappa shape index (κ2) is 8.07. The van der Waals surface area contributed by atoms with E-state index in [-0.39, 0.29) is 6.10 Å². The third kappa shape index (κ3) is 6.66. The van der Waals surface area contributed by atoms with Crippen LogP contribution in [-0.2, 0) is 4.74 Å². The van der Waals surface area contributed by atoms with E-state index in [4.69, 9.17) is 4.74 Å². The molecule has 108 valence electrons. The predicted molar refractivity (Wildman–Crippen MR) is 71.7 cm³/mol. The van der Waals surface area contributed by atoms with Crippen LogP contribution in [0.15, 0.2) is 0 Å². The van der Waals surface area contributed by atoms with Crippen molar-refractivity contribution >= 4 is 0 Å². The maximum atomic E-state index is 9.98. The minimum Gasteiger partial charge on any atom is -0.390 e. The summed E-state index contributed by atoms with van der Waals surface area (Å²) in [5, 5.41) is 23.0. The summed E-state index contributed by atoms with van der Waals surface area (Å²) in [6.45, 7) is 8.91. The van der Waals surface area contributed by atoms with E-state index in [0.717, 1.165) is 39.1 Å². The van der Waals surface area contributed by atoms with Gasteiger partial charge in [-0.1, -0.05) is 13.3 Å². The topological polar surface area (TPSA) is 65.0 Å². The Balaban J connectivity index is 2.10. The Morgan fingerprint density at radius 2 is 2.06 bits per heavy atom. The van der Waals surface area contributed by atoms with E-state index in [2.05, 4.69) is 17.1 Å². The molecule has 0 amide bonds. The van der Waals surface area contributed by atoms with Gasteiger partial charge in [-0.15, -0.1) is 0 Å². The quantitative estimate of drug-likeness (QED) is 0.565. The third-order valence-electron chi connectivity index (χ3n) is 3.25. The van der Waals surface area contributed by atoms with Crippen LogP contribution in [0.25, 0.3) is 0 Å². The Morgan fingerprint density at radius 1 is 1.39 bits per heavy atom. The molecule has 1 heterocycles. The summed E-state index contributed by atoms with van der Waals surface area (Å²) in [5.74, 6) is 0. The summed E-state index contributed by atoms with van der Waals surface area (Å²) < 4.78 is 5.26. The number of nitrogens with zero attached hydrogens (tertiary/aromatic N) is 1. The summed E-state index contributed by atoms with van der Waals surface area (Å²) in [4.78, 5) is 2.21. The predicted octanol–water partition coefficient (Wildman–Crippen LogP) is -0.180. The van der Waals surface area contributed by atoms with Gasteiger partial charge in [0.05, 0.1) is 24.9 Å². The van der Waals surface area contributed by atoms with Crippen LogP contribution >= 0.6 is 0 Å². The number of β-amino-alcohol motifs (C(OH)–C–C–N with tert-alkyl or cyclic N) is 1. The zero-order valence-corrected chi connectivity index (χ0v) is 11.7. The molecule has 5 heteroatoms. The van der Waals surface area contributed by atoms with Crippen molar-refractivity contribution in [2.75, 3.05) is 45.9 Å². The first-order valence-electron chi connectivity index (χ1n) is 6.95. The van der Waals surface area contributed by atoms with Gasteiger partial charge in [0.25, 0.3) is 0 Å². The van der Waals surface area contributed by atoms with Gasteiger partial charge in [0.1, 0.15) is 0 Å². The molecule has 3 N–H and O–H groups in total. The first-order valence-corrected chi connectivity index (χ1v) is 6.95. The smallest absolute Gasteiger partial charge is 0.0791 e. The highest BCUT2D eigenvalue weighted by Gasteiger charge is 2.19. The fourth-order valence-corrected chi connectivity index (χ4v) is 2.28. The Labute approximate surface area is 110 Å². The second-order valence-corrected chi connectivity index (χ2v) is 5.44. The normalized spacial score (nSPS) is 22.7. The van der Waals surface area contributed by atoms with Gasteiger partial charge in [-0.25, -0.2) is 0 Å². The van der Waals surface area contributed by atoms with E-state index >= 15 is 0 Å². The van der Waals surface area contributed by atoms with Gasteiger partial charge in [0.15, 0.2) is 0 Å². The zero-order valence-electron chi connectivity index (χ0n) is 11.7. The highest BCUT2D eigenvalue weighted by atomic mass is 16.5. The maximum Gasteiger partial charge on any atom is 0.0791 e. The molecule has 18 heavy (non-hydrogen) atoms. The summed E-state index contributed by atoms with van der Waals surface area (Å²) in [6, 6.07) is 0. The van der Waals surface area contributed by atoms with Crippen LogP contribution in [0, 0.1) is 0 Å². The molecule has 1 aliphatic rings. The molecule has 5 nitrogen and oxygen atoms in total. The first kappa shape index (κ1) is 15.9. The molecule has 2 atom stereocenters. The molecule has 0 aromatic heterocycles. The van der Waals surface area contributed by atoms with Crippen LogP contribution in [0.3, 0.4) is 0 Å². The number of nitrogens with one attached hydrogen (secondary N) is 1. The average Bonchev–Trinajstić information content (AvgIpc) is 2.29. The fourth-order valence-electron chi connectivity index (χ4n) is 2.28. The Morgan fingerprint density at radius 3 is 2.67 bits per heavy atom. The molecule has 2 unspecified atom stereocenters. The molecule has 0 saturated carbocycles. The summed E-state index contributed by atoms with van der Waals surface area (Å²) >= 11 is 0. The van der Waals surface area contributed by atoms with Crippen molar-refractivity contribution in [2.45, 2.75) is 38.4 Å². The molecule has 0 aliphatic carbocycles. The Bertz CT molecular complexity index is 218. The summed E-state index contributed by atoms with van der Waals surface area (Å²) in [5.41, 5.74) is -0.673. The van der Waals surface area contributed by atoms with Gasteiger partial charge in [-0.3, -0.25) is 4.90 Å². The van der Waals surface area contributed by atoms with Crippen molar-refractivity contribution < 1.29 is 14.9 Å². The van der Waals surface area contributed by atoms with Gasteiger partial charge in [-0.05, 0) is 13.3 Å². The van der Waals surface area contributed by atoms with Crippen LogP contribution < -0.4 is 5.32 Å². The lowest BCUT2D eigenvalue weighted by molar-refractivity contribution is 0.0118. The van der Waals surface area contributed by atoms with Crippen molar-refractivity contribution in [2.24, 2.45) is 0 Å². The van der Waals surface area contributed by atoms with E-state index in [0.29, 0.717) is 19.6 Å². The van der Waals surface area contributed by atoms with Crippen LogP contribution in [0.4, 0.5) is 0 Å². The van der Waals surface area contributed by atoms with Crippen LogP contribution in [0.2, 0.25) is 0 Å². The fraction of sp³-hybridized carbons (Fsp3) is 1.00. The molecular formula is C13H28N2O3. The Hall–Kier alpha value is -0.200. The van der Waals surface area contributed by atoms with E-state index < -0.39 is 5.60 Å². The van der Waals surface area contributed by atoms with Gasteiger partial charge in [0.2, 0.25) is 0 Å². The lowest BCUT2D eigenvalue weighted by Crippen LogP contribution is -2.46. The van der Waals surface area contributed by atoms with Crippen molar-refractivity contribution in [1.29, 1.82) is 0 Å². The first-order chi connectivity index (χ1) is 8.53. The number of hydrogen-bond donors (Lipinski definition) is 3. The molecular weight excluding hydrogens is 232 g/mol. The number of morpholine rings is 1. The number of hydrogen-bond acceptors (Lipinski definition) is 5. The number of rotatable bonds is 8. The molecule has 0 aromatic carbocycles. The van der Waals surface area contributed by atoms with Crippen molar-refractivity contribution in [3.05, 3.63) is 0 Å². The molecule has 0 aromatic rings. The van der Waals surface area contributed by atoms with Crippen molar-refractivity contribution in [1.82, 2.24) is 10.2 Å². The van der Waals surface area contributed by atoms with E-state index in [1.165, 1.54) is 0 Å². The van der Waals surface area contributed by atoms with E-state index in [1.807, 2.05) is 6.92 Å². The lowest BCUT2D eigenvalue weighted by Gasteiger charge is -2.29. The maximum absolute atomic E-state index is 9.98. The SMILES string of the molecule is CCCC(C)(O)CNCC(O)CN1CCOCC1. The van der Waals surface area contributed by atoms with E-state index in [9.17, 15) is 10.2 Å². The molecule has 0 spiro atoms. The van der Waals surface area contributed by atoms with Gasteiger partial charge < -0.3 is 20.3 Å². The zero-order chi connectivity index (χ0) is 13.4. The largest absolute Gasteiger partial charge is 0.390 e.